The number of halogens is 3. The van der Waals surface area contributed by atoms with Gasteiger partial charge >= 0.3 is 12.2 Å². The summed E-state index contributed by atoms with van der Waals surface area (Å²) >= 11 is 0. The first-order valence-corrected chi connectivity index (χ1v) is 10.3. The van der Waals surface area contributed by atoms with Crippen molar-refractivity contribution in [3.8, 4) is 6.01 Å². The molecule has 0 saturated carbocycles. The maximum Gasteiger partial charge on any atom is 0.416 e. The molecule has 1 atom stereocenters. The van der Waals surface area contributed by atoms with Crippen LogP contribution in [0.1, 0.15) is 30.5 Å². The van der Waals surface area contributed by atoms with Crippen molar-refractivity contribution < 1.29 is 17.9 Å². The van der Waals surface area contributed by atoms with E-state index in [1.807, 2.05) is 11.8 Å². The van der Waals surface area contributed by atoms with Crippen molar-refractivity contribution in [3.05, 3.63) is 41.2 Å². The van der Waals surface area contributed by atoms with E-state index in [0.717, 1.165) is 36.6 Å². The van der Waals surface area contributed by atoms with E-state index in [1.54, 1.807) is 18.5 Å². The van der Waals surface area contributed by atoms with E-state index in [-0.39, 0.29) is 6.04 Å². The zero-order valence-corrected chi connectivity index (χ0v) is 17.2. The molecule has 30 heavy (non-hydrogen) atoms. The van der Waals surface area contributed by atoms with Crippen LogP contribution in [0, 0.1) is 0 Å². The largest absolute Gasteiger partial charge is 0.464 e. The van der Waals surface area contributed by atoms with Crippen LogP contribution >= 0.6 is 0 Å². The van der Waals surface area contributed by atoms with E-state index >= 15 is 0 Å². The van der Waals surface area contributed by atoms with Gasteiger partial charge in [0.1, 0.15) is 0 Å². The van der Waals surface area contributed by atoms with Gasteiger partial charge in [0.2, 0.25) is 0 Å². The van der Waals surface area contributed by atoms with Gasteiger partial charge in [-0.05, 0) is 43.5 Å². The average molecular weight is 421 g/mol. The fourth-order valence-electron chi connectivity index (χ4n) is 4.27. The van der Waals surface area contributed by atoms with Crippen molar-refractivity contribution in [2.24, 2.45) is 0 Å². The molecule has 3 heterocycles. The Morgan fingerprint density at radius 2 is 1.90 bits per heavy atom. The van der Waals surface area contributed by atoms with Crippen molar-refractivity contribution in [1.82, 2.24) is 15.3 Å². The molecule has 0 amide bonds. The fourth-order valence-corrected chi connectivity index (χ4v) is 4.27. The standard InChI is InChI=1S/C21H26F3N5O/c1-3-30-20-26-10-15(11-27-20)28-8-6-16-17(13-28)19(5-4-18(16)21(22,23)24)29-9-7-25-14(2)12-29/h4-5,10-11,14,25H,3,6-9,12-13H2,1-2H3/t14-/m0/s1. The second-order valence-electron chi connectivity index (χ2n) is 7.72. The van der Waals surface area contributed by atoms with Gasteiger partial charge in [-0.15, -0.1) is 0 Å². The molecule has 0 aliphatic carbocycles. The smallest absolute Gasteiger partial charge is 0.416 e. The number of piperazine rings is 1. The Morgan fingerprint density at radius 3 is 2.57 bits per heavy atom. The van der Waals surface area contributed by atoms with E-state index in [9.17, 15) is 13.2 Å². The second kappa shape index (κ2) is 8.29. The first kappa shape index (κ1) is 20.7. The number of benzene rings is 1. The zero-order valence-electron chi connectivity index (χ0n) is 17.2. The zero-order chi connectivity index (χ0) is 21.3. The lowest BCUT2D eigenvalue weighted by molar-refractivity contribution is -0.138. The minimum atomic E-state index is -4.36. The molecule has 0 spiro atoms. The fraction of sp³-hybridized carbons (Fsp3) is 0.524. The van der Waals surface area contributed by atoms with Gasteiger partial charge in [0, 0.05) is 44.5 Å². The van der Waals surface area contributed by atoms with Gasteiger partial charge in [-0.2, -0.15) is 13.2 Å². The second-order valence-corrected chi connectivity index (χ2v) is 7.72. The molecule has 2 aliphatic heterocycles. The third-order valence-corrected chi connectivity index (χ3v) is 5.66. The monoisotopic (exact) mass is 421 g/mol. The van der Waals surface area contributed by atoms with E-state index in [1.165, 1.54) is 6.07 Å². The minimum absolute atomic E-state index is 0.288. The van der Waals surface area contributed by atoms with Crippen molar-refractivity contribution in [3.63, 3.8) is 0 Å². The number of ether oxygens (including phenoxy) is 1. The molecule has 1 fully saturated rings. The highest BCUT2D eigenvalue weighted by Gasteiger charge is 2.37. The van der Waals surface area contributed by atoms with Gasteiger partial charge in [-0.3, -0.25) is 0 Å². The van der Waals surface area contributed by atoms with Crippen LogP contribution in [0.25, 0.3) is 0 Å². The molecule has 0 radical (unpaired) electrons. The average Bonchev–Trinajstić information content (AvgIpc) is 2.72. The van der Waals surface area contributed by atoms with Gasteiger partial charge in [0.15, 0.2) is 0 Å². The van der Waals surface area contributed by atoms with Crippen molar-refractivity contribution >= 4 is 11.4 Å². The number of nitrogens with zero attached hydrogens (tertiary/aromatic N) is 4. The molecular formula is C21H26F3N5O. The van der Waals surface area contributed by atoms with Gasteiger partial charge in [-0.1, -0.05) is 0 Å². The van der Waals surface area contributed by atoms with Crippen molar-refractivity contribution in [2.75, 3.05) is 42.6 Å². The van der Waals surface area contributed by atoms with Crippen LogP contribution in [-0.2, 0) is 19.1 Å². The number of hydrogen-bond acceptors (Lipinski definition) is 6. The van der Waals surface area contributed by atoms with Crippen LogP contribution in [0.15, 0.2) is 24.5 Å². The van der Waals surface area contributed by atoms with Crippen LogP contribution in [0.4, 0.5) is 24.5 Å². The molecule has 1 N–H and O–H groups in total. The normalized spacial score (nSPS) is 19.6. The number of fused-ring (bicyclic) bond motifs is 1. The summed E-state index contributed by atoms with van der Waals surface area (Å²) in [6, 6.07) is 3.47. The Kier molecular flexibility index (Phi) is 5.73. The Bertz CT molecular complexity index is 887. The molecule has 4 rings (SSSR count). The predicted molar refractivity (Wildman–Crippen MR) is 109 cm³/mol. The van der Waals surface area contributed by atoms with Gasteiger partial charge in [-0.25, -0.2) is 9.97 Å². The summed E-state index contributed by atoms with van der Waals surface area (Å²) in [5.74, 6) is 0. The molecule has 2 aliphatic rings. The SMILES string of the molecule is CCOc1ncc(N2CCc3c(C(F)(F)F)ccc(N4CCN[C@@H](C)C4)c3C2)cn1. The summed E-state index contributed by atoms with van der Waals surface area (Å²) in [5.41, 5.74) is 2.31. The van der Waals surface area contributed by atoms with E-state index in [4.69, 9.17) is 4.74 Å². The highest BCUT2D eigenvalue weighted by atomic mass is 19.4. The molecule has 0 unspecified atom stereocenters. The van der Waals surface area contributed by atoms with Crippen molar-refractivity contribution in [1.29, 1.82) is 0 Å². The first-order valence-electron chi connectivity index (χ1n) is 10.3. The highest BCUT2D eigenvalue weighted by Crippen LogP contribution is 2.40. The number of nitrogens with one attached hydrogen (secondary N) is 1. The van der Waals surface area contributed by atoms with Crippen LogP contribution in [0.5, 0.6) is 6.01 Å². The Balaban J connectivity index is 1.69. The molecule has 162 valence electrons. The summed E-state index contributed by atoms with van der Waals surface area (Å²) in [7, 11) is 0. The van der Waals surface area contributed by atoms with Crippen LogP contribution < -0.4 is 19.9 Å². The predicted octanol–water partition coefficient (Wildman–Crippen LogP) is 3.25. The van der Waals surface area contributed by atoms with Gasteiger partial charge in [0.25, 0.3) is 0 Å². The van der Waals surface area contributed by atoms with E-state index in [2.05, 4.69) is 27.1 Å². The third kappa shape index (κ3) is 4.16. The third-order valence-electron chi connectivity index (χ3n) is 5.66. The lowest BCUT2D eigenvalue weighted by atomic mass is 9.91. The van der Waals surface area contributed by atoms with E-state index < -0.39 is 11.7 Å². The quantitative estimate of drug-likeness (QED) is 0.818. The highest BCUT2D eigenvalue weighted by molar-refractivity contribution is 5.63. The molecule has 0 bridgehead atoms. The molecule has 9 heteroatoms. The number of anilines is 2. The maximum absolute atomic E-state index is 13.7. The summed E-state index contributed by atoms with van der Waals surface area (Å²) in [5, 5.41) is 3.39. The van der Waals surface area contributed by atoms with Crippen molar-refractivity contribution in [2.45, 2.75) is 39.0 Å². The molecule has 2 aromatic rings. The van der Waals surface area contributed by atoms with Crippen LogP contribution in [-0.4, -0.2) is 48.8 Å². The van der Waals surface area contributed by atoms with E-state index in [0.29, 0.717) is 37.7 Å². The Labute approximate surface area is 174 Å². The number of alkyl halides is 3. The summed E-state index contributed by atoms with van der Waals surface area (Å²) in [6.07, 6.45) is -0.692. The lowest BCUT2D eigenvalue weighted by Gasteiger charge is -2.39. The summed E-state index contributed by atoms with van der Waals surface area (Å²) in [4.78, 5) is 12.6. The molecule has 6 nitrogen and oxygen atoms in total. The molecular weight excluding hydrogens is 395 g/mol. The van der Waals surface area contributed by atoms with Gasteiger partial charge in [0.05, 0.1) is 30.3 Å². The number of rotatable bonds is 4. The first-order chi connectivity index (χ1) is 14.4. The minimum Gasteiger partial charge on any atom is -0.464 e. The van der Waals surface area contributed by atoms with Gasteiger partial charge < -0.3 is 19.9 Å². The lowest BCUT2D eigenvalue weighted by Crippen LogP contribution is -2.50. The Hall–Kier alpha value is -2.55. The summed E-state index contributed by atoms with van der Waals surface area (Å²) < 4.78 is 46.3. The van der Waals surface area contributed by atoms with Crippen LogP contribution in [0.3, 0.4) is 0 Å². The molecule has 1 saturated heterocycles. The molecule has 1 aromatic heterocycles. The Morgan fingerprint density at radius 1 is 1.13 bits per heavy atom. The summed E-state index contributed by atoms with van der Waals surface area (Å²) in [6.45, 7) is 7.65. The van der Waals surface area contributed by atoms with Crippen LogP contribution in [0.2, 0.25) is 0 Å². The number of aromatic nitrogens is 2. The molecule has 1 aromatic carbocycles. The topological polar surface area (TPSA) is 53.5 Å². The maximum atomic E-state index is 13.7. The number of hydrogen-bond donors (Lipinski definition) is 1.